The molecule has 0 saturated heterocycles. The first-order chi connectivity index (χ1) is 10.3. The molecule has 2 aromatic rings. The van der Waals surface area contributed by atoms with Crippen LogP contribution in [0, 0.1) is 0 Å². The summed E-state index contributed by atoms with van der Waals surface area (Å²) in [4.78, 5) is 20.9. The monoisotopic (exact) mass is 306 g/mol. The van der Waals surface area contributed by atoms with E-state index in [0.29, 0.717) is 23.7 Å². The Kier molecular flexibility index (Phi) is 6.14. The van der Waals surface area contributed by atoms with E-state index in [-0.39, 0.29) is 0 Å². The summed E-state index contributed by atoms with van der Waals surface area (Å²) >= 11 is 1.35. The van der Waals surface area contributed by atoms with E-state index in [1.54, 1.807) is 12.3 Å². The molecule has 112 valence electrons. The Morgan fingerprint density at radius 3 is 2.81 bits per heavy atom. The molecule has 0 aliphatic heterocycles. The number of ether oxygens (including phenoxy) is 1. The zero-order chi connectivity index (χ0) is 14.9. The first-order valence-electron chi connectivity index (χ1n) is 6.88. The van der Waals surface area contributed by atoms with Crippen LogP contribution < -0.4 is 10.1 Å². The number of aromatic nitrogens is 5. The van der Waals surface area contributed by atoms with Crippen molar-refractivity contribution in [3.63, 3.8) is 0 Å². The summed E-state index contributed by atoms with van der Waals surface area (Å²) < 4.78 is 5.51. The van der Waals surface area contributed by atoms with Gasteiger partial charge in [0, 0.05) is 12.7 Å². The number of nitrogens with zero attached hydrogens (tertiary/aromatic N) is 5. The van der Waals surface area contributed by atoms with Gasteiger partial charge in [-0.05, 0) is 30.7 Å². The van der Waals surface area contributed by atoms with Crippen molar-refractivity contribution in [1.29, 1.82) is 0 Å². The highest BCUT2D eigenvalue weighted by Crippen LogP contribution is 2.24. The third-order valence-corrected chi connectivity index (χ3v) is 3.13. The summed E-state index contributed by atoms with van der Waals surface area (Å²) in [5.41, 5.74) is 0. The molecule has 0 atom stereocenters. The van der Waals surface area contributed by atoms with Crippen LogP contribution in [0.1, 0.15) is 26.7 Å². The summed E-state index contributed by atoms with van der Waals surface area (Å²) in [5.74, 6) is 0.523. The van der Waals surface area contributed by atoms with E-state index in [0.717, 1.165) is 24.4 Å². The summed E-state index contributed by atoms with van der Waals surface area (Å²) in [7, 11) is 0. The Morgan fingerprint density at radius 1 is 1.19 bits per heavy atom. The van der Waals surface area contributed by atoms with Gasteiger partial charge in [-0.25, -0.2) is 9.97 Å². The van der Waals surface area contributed by atoms with E-state index >= 15 is 0 Å². The zero-order valence-electron chi connectivity index (χ0n) is 12.1. The van der Waals surface area contributed by atoms with Gasteiger partial charge in [-0.15, -0.1) is 0 Å². The maximum absolute atomic E-state index is 5.51. The van der Waals surface area contributed by atoms with Crippen molar-refractivity contribution in [3.8, 4) is 6.01 Å². The Hall–Kier alpha value is -1.96. The summed E-state index contributed by atoms with van der Waals surface area (Å²) in [5, 5.41) is 4.48. The maximum Gasteiger partial charge on any atom is 0.322 e. The van der Waals surface area contributed by atoms with Gasteiger partial charge in [0.15, 0.2) is 0 Å². The molecule has 0 aliphatic carbocycles. The molecule has 0 saturated carbocycles. The first kappa shape index (κ1) is 15.4. The molecule has 8 heteroatoms. The van der Waals surface area contributed by atoms with Gasteiger partial charge in [-0.1, -0.05) is 13.8 Å². The molecule has 2 rings (SSSR count). The van der Waals surface area contributed by atoms with Crippen LogP contribution in [-0.4, -0.2) is 38.1 Å². The lowest BCUT2D eigenvalue weighted by molar-refractivity contribution is 0.288. The second-order valence-electron chi connectivity index (χ2n) is 4.15. The molecular formula is C13H18N6OS. The van der Waals surface area contributed by atoms with Crippen molar-refractivity contribution >= 4 is 17.7 Å². The lowest BCUT2D eigenvalue weighted by Gasteiger charge is -2.08. The second-order valence-corrected chi connectivity index (χ2v) is 5.14. The minimum Gasteiger partial charge on any atom is -0.463 e. The SMILES string of the molecule is CCCNc1nc(OCCC)nc(Sc2ccncn2)n1. The summed E-state index contributed by atoms with van der Waals surface area (Å²) in [6, 6.07) is 2.14. The molecule has 0 aromatic carbocycles. The average molecular weight is 306 g/mol. The topological polar surface area (TPSA) is 85.7 Å². The highest BCUT2D eigenvalue weighted by molar-refractivity contribution is 7.99. The number of hydrogen-bond acceptors (Lipinski definition) is 8. The van der Waals surface area contributed by atoms with Gasteiger partial charge in [-0.2, -0.15) is 15.0 Å². The summed E-state index contributed by atoms with van der Waals surface area (Å²) in [6.45, 7) is 5.50. The van der Waals surface area contributed by atoms with Crippen LogP contribution in [-0.2, 0) is 0 Å². The van der Waals surface area contributed by atoms with Crippen molar-refractivity contribution in [3.05, 3.63) is 18.6 Å². The van der Waals surface area contributed by atoms with Gasteiger partial charge in [0.1, 0.15) is 11.4 Å². The molecule has 2 aromatic heterocycles. The summed E-state index contributed by atoms with van der Waals surface area (Å²) in [6.07, 6.45) is 5.07. The fourth-order valence-corrected chi connectivity index (χ4v) is 2.06. The molecular weight excluding hydrogens is 288 g/mol. The van der Waals surface area contributed by atoms with Crippen molar-refractivity contribution in [2.45, 2.75) is 36.9 Å². The van der Waals surface area contributed by atoms with Crippen molar-refractivity contribution in [1.82, 2.24) is 24.9 Å². The van der Waals surface area contributed by atoms with Crippen molar-refractivity contribution < 1.29 is 4.74 Å². The minimum absolute atomic E-state index is 0.335. The van der Waals surface area contributed by atoms with Crippen LogP contribution in [0.2, 0.25) is 0 Å². The number of rotatable bonds is 8. The second kappa shape index (κ2) is 8.35. The van der Waals surface area contributed by atoms with Crippen LogP contribution in [0.5, 0.6) is 6.01 Å². The lowest BCUT2D eigenvalue weighted by atomic mass is 10.5. The highest BCUT2D eigenvalue weighted by atomic mass is 32.2. The van der Waals surface area contributed by atoms with E-state index in [1.807, 2.05) is 6.92 Å². The molecule has 0 spiro atoms. The fraction of sp³-hybridized carbons (Fsp3) is 0.462. The van der Waals surface area contributed by atoms with Gasteiger partial charge >= 0.3 is 6.01 Å². The standard InChI is InChI=1S/C13H18N6OS/c1-3-6-15-11-17-12(20-8-4-2)19-13(18-11)21-10-5-7-14-9-16-10/h5,7,9H,3-4,6,8H2,1-2H3,(H,15,17,18,19). The third kappa shape index (κ3) is 5.14. The zero-order valence-corrected chi connectivity index (χ0v) is 12.9. The van der Waals surface area contributed by atoms with Gasteiger partial charge in [-0.3, -0.25) is 0 Å². The smallest absolute Gasteiger partial charge is 0.322 e. The van der Waals surface area contributed by atoms with Crippen LogP contribution in [0.4, 0.5) is 5.95 Å². The Morgan fingerprint density at radius 2 is 2.10 bits per heavy atom. The third-order valence-electron chi connectivity index (χ3n) is 2.31. The van der Waals surface area contributed by atoms with Crippen molar-refractivity contribution in [2.75, 3.05) is 18.5 Å². The predicted octanol–water partition coefficient (Wildman–Crippen LogP) is 2.42. The van der Waals surface area contributed by atoms with Gasteiger partial charge in [0.05, 0.1) is 6.61 Å². The van der Waals surface area contributed by atoms with E-state index < -0.39 is 0 Å². The average Bonchev–Trinajstić information content (AvgIpc) is 2.52. The largest absolute Gasteiger partial charge is 0.463 e. The highest BCUT2D eigenvalue weighted by Gasteiger charge is 2.09. The van der Waals surface area contributed by atoms with Crippen LogP contribution in [0.15, 0.2) is 28.8 Å². The predicted molar refractivity (Wildman–Crippen MR) is 80.5 cm³/mol. The van der Waals surface area contributed by atoms with E-state index in [1.165, 1.54) is 18.1 Å². The van der Waals surface area contributed by atoms with Gasteiger partial charge in [0.25, 0.3) is 0 Å². The minimum atomic E-state index is 0.335. The van der Waals surface area contributed by atoms with Crippen LogP contribution in [0.25, 0.3) is 0 Å². The number of hydrogen-bond donors (Lipinski definition) is 1. The quantitative estimate of drug-likeness (QED) is 0.744. The molecule has 0 unspecified atom stereocenters. The van der Waals surface area contributed by atoms with Crippen LogP contribution in [0.3, 0.4) is 0 Å². The number of nitrogens with one attached hydrogen (secondary N) is 1. The Balaban J connectivity index is 2.17. The van der Waals surface area contributed by atoms with Crippen LogP contribution >= 0.6 is 11.8 Å². The van der Waals surface area contributed by atoms with Gasteiger partial charge < -0.3 is 10.1 Å². The van der Waals surface area contributed by atoms with E-state index in [4.69, 9.17) is 4.74 Å². The fourth-order valence-electron chi connectivity index (χ4n) is 1.39. The lowest BCUT2D eigenvalue weighted by Crippen LogP contribution is -2.09. The maximum atomic E-state index is 5.51. The molecule has 0 amide bonds. The number of anilines is 1. The molecule has 1 N–H and O–H groups in total. The first-order valence-corrected chi connectivity index (χ1v) is 7.70. The molecule has 7 nitrogen and oxygen atoms in total. The molecule has 0 aliphatic rings. The van der Waals surface area contributed by atoms with Crippen molar-refractivity contribution in [2.24, 2.45) is 0 Å². The molecule has 0 bridgehead atoms. The molecule has 0 fully saturated rings. The van der Waals surface area contributed by atoms with E-state index in [2.05, 4.69) is 37.2 Å². The Labute approximate surface area is 128 Å². The molecule has 2 heterocycles. The van der Waals surface area contributed by atoms with E-state index in [9.17, 15) is 0 Å². The van der Waals surface area contributed by atoms with Gasteiger partial charge in [0.2, 0.25) is 11.1 Å². The normalized spacial score (nSPS) is 10.4. The molecule has 21 heavy (non-hydrogen) atoms. The Bertz CT molecular complexity index is 527. The molecule has 0 radical (unpaired) electrons.